The molecule has 0 amide bonds. The Morgan fingerprint density at radius 3 is 2.91 bits per heavy atom. The summed E-state index contributed by atoms with van der Waals surface area (Å²) < 4.78 is 5.49. The lowest BCUT2D eigenvalue weighted by molar-refractivity contribution is 0.139. The van der Waals surface area contributed by atoms with Gasteiger partial charge in [-0.05, 0) is 30.7 Å². The summed E-state index contributed by atoms with van der Waals surface area (Å²) >= 11 is 1.77. The summed E-state index contributed by atoms with van der Waals surface area (Å²) in [6, 6.07) is 4.24. The Morgan fingerprint density at radius 1 is 1.39 bits per heavy atom. The first-order valence-corrected chi connectivity index (χ1v) is 9.59. The minimum absolute atomic E-state index is 0.738. The number of hydrogen-bond acceptors (Lipinski definition) is 4. The van der Waals surface area contributed by atoms with Crippen molar-refractivity contribution in [2.75, 3.05) is 52.5 Å². The maximum absolute atomic E-state index is 5.49. The van der Waals surface area contributed by atoms with E-state index in [0.29, 0.717) is 0 Å². The normalized spacial score (nSPS) is 23.4. The van der Waals surface area contributed by atoms with Crippen molar-refractivity contribution in [1.82, 2.24) is 15.1 Å². The van der Waals surface area contributed by atoms with E-state index in [-0.39, 0.29) is 0 Å². The highest BCUT2D eigenvalue weighted by Crippen LogP contribution is 2.15. The largest absolute Gasteiger partial charge is 0.381 e. The van der Waals surface area contributed by atoms with Crippen LogP contribution in [0.25, 0.3) is 0 Å². The molecule has 0 bridgehead atoms. The molecule has 1 N–H and O–H groups in total. The Morgan fingerprint density at radius 2 is 2.26 bits per heavy atom. The van der Waals surface area contributed by atoms with Crippen molar-refractivity contribution in [2.45, 2.75) is 19.9 Å². The molecule has 0 saturated carbocycles. The summed E-state index contributed by atoms with van der Waals surface area (Å²) in [4.78, 5) is 11.1. The zero-order valence-electron chi connectivity index (χ0n) is 14.0. The Hall–Kier alpha value is -1.11. The van der Waals surface area contributed by atoms with Gasteiger partial charge in [0.2, 0.25) is 0 Å². The Balaban J connectivity index is 1.49. The van der Waals surface area contributed by atoms with E-state index in [1.807, 2.05) is 0 Å². The van der Waals surface area contributed by atoms with E-state index in [2.05, 4.69) is 39.6 Å². The van der Waals surface area contributed by atoms with Crippen molar-refractivity contribution in [3.63, 3.8) is 0 Å². The average molecular weight is 337 g/mol. The molecule has 0 unspecified atom stereocenters. The van der Waals surface area contributed by atoms with Gasteiger partial charge in [-0.3, -0.25) is 4.90 Å². The Kier molecular flexibility index (Phi) is 6.30. The number of piperazine rings is 1. The van der Waals surface area contributed by atoms with Crippen LogP contribution in [0, 0.1) is 5.92 Å². The van der Waals surface area contributed by atoms with Crippen LogP contribution >= 0.6 is 11.3 Å². The van der Waals surface area contributed by atoms with E-state index in [0.717, 1.165) is 64.4 Å². The van der Waals surface area contributed by atoms with E-state index in [1.54, 1.807) is 11.3 Å². The highest BCUT2D eigenvalue weighted by Gasteiger charge is 2.23. The van der Waals surface area contributed by atoms with Gasteiger partial charge in [0.05, 0.1) is 13.2 Å². The van der Waals surface area contributed by atoms with E-state index in [9.17, 15) is 0 Å². The number of aliphatic imine (C=N–C) groups is 1. The second-order valence-electron chi connectivity index (χ2n) is 6.27. The molecule has 0 spiro atoms. The molecule has 2 aliphatic heterocycles. The molecule has 0 aromatic carbocycles. The molecule has 2 saturated heterocycles. The van der Waals surface area contributed by atoms with Crippen LogP contribution in [0.3, 0.4) is 0 Å². The lowest BCUT2D eigenvalue weighted by atomic mass is 10.1. The summed E-state index contributed by atoms with van der Waals surface area (Å²) in [6.07, 6.45) is 1.23. The highest BCUT2D eigenvalue weighted by atomic mass is 32.1. The SMILES string of the molecule is CCNC(=NCc1cccs1)N1CCN(C[C@H]2CCOC2)CC1. The molecule has 3 rings (SSSR count). The number of nitrogens with zero attached hydrogens (tertiary/aromatic N) is 3. The minimum atomic E-state index is 0.738. The van der Waals surface area contributed by atoms with Gasteiger partial charge in [0, 0.05) is 50.8 Å². The van der Waals surface area contributed by atoms with Gasteiger partial charge in [0.1, 0.15) is 0 Å². The molecule has 2 aliphatic rings. The molecule has 1 atom stereocenters. The first kappa shape index (κ1) is 16.7. The van der Waals surface area contributed by atoms with Gasteiger partial charge < -0.3 is 15.0 Å². The molecule has 5 nitrogen and oxygen atoms in total. The van der Waals surface area contributed by atoms with Crippen molar-refractivity contribution in [2.24, 2.45) is 10.9 Å². The second-order valence-corrected chi connectivity index (χ2v) is 7.30. The molecule has 128 valence electrons. The summed E-state index contributed by atoms with van der Waals surface area (Å²) in [5.41, 5.74) is 0. The van der Waals surface area contributed by atoms with Crippen LogP contribution in [0.4, 0.5) is 0 Å². The standard InChI is InChI=1S/C17H28N4OS/c1-2-18-17(19-12-16-4-3-11-23-16)21-8-6-20(7-9-21)13-15-5-10-22-14-15/h3-4,11,15H,2,5-10,12-14H2,1H3,(H,18,19)/t15-/m1/s1. The zero-order valence-corrected chi connectivity index (χ0v) is 14.9. The maximum Gasteiger partial charge on any atom is 0.194 e. The number of thiophene rings is 1. The Labute approximate surface area is 143 Å². The van der Waals surface area contributed by atoms with Crippen molar-refractivity contribution in [3.05, 3.63) is 22.4 Å². The lowest BCUT2D eigenvalue weighted by Gasteiger charge is -2.37. The van der Waals surface area contributed by atoms with Gasteiger partial charge in [0.15, 0.2) is 5.96 Å². The third-order valence-electron chi connectivity index (χ3n) is 4.51. The second kappa shape index (κ2) is 8.66. The zero-order chi connectivity index (χ0) is 15.9. The quantitative estimate of drug-likeness (QED) is 0.658. The first-order valence-electron chi connectivity index (χ1n) is 8.71. The first-order chi connectivity index (χ1) is 11.3. The monoisotopic (exact) mass is 336 g/mol. The van der Waals surface area contributed by atoms with Crippen LogP contribution in [-0.2, 0) is 11.3 Å². The van der Waals surface area contributed by atoms with Crippen LogP contribution in [0.1, 0.15) is 18.2 Å². The third-order valence-corrected chi connectivity index (χ3v) is 5.37. The van der Waals surface area contributed by atoms with Gasteiger partial charge >= 0.3 is 0 Å². The van der Waals surface area contributed by atoms with Gasteiger partial charge in [-0.25, -0.2) is 4.99 Å². The highest BCUT2D eigenvalue weighted by molar-refractivity contribution is 7.09. The van der Waals surface area contributed by atoms with Crippen molar-refractivity contribution in [1.29, 1.82) is 0 Å². The number of guanidine groups is 1. The van der Waals surface area contributed by atoms with Gasteiger partial charge in [-0.2, -0.15) is 0 Å². The molecule has 6 heteroatoms. The smallest absolute Gasteiger partial charge is 0.194 e. The lowest BCUT2D eigenvalue weighted by Crippen LogP contribution is -2.53. The van der Waals surface area contributed by atoms with E-state index >= 15 is 0 Å². The summed E-state index contributed by atoms with van der Waals surface area (Å²) in [5, 5.41) is 5.56. The molecule has 0 radical (unpaired) electrons. The molecular formula is C17H28N4OS. The van der Waals surface area contributed by atoms with Crippen LogP contribution in [0.5, 0.6) is 0 Å². The fraction of sp³-hybridized carbons (Fsp3) is 0.706. The van der Waals surface area contributed by atoms with Crippen LogP contribution < -0.4 is 5.32 Å². The average Bonchev–Trinajstić information content (AvgIpc) is 3.26. The molecule has 0 aliphatic carbocycles. The van der Waals surface area contributed by atoms with Crippen molar-refractivity contribution >= 4 is 17.3 Å². The molecule has 3 heterocycles. The summed E-state index contributed by atoms with van der Waals surface area (Å²) in [7, 11) is 0. The van der Waals surface area contributed by atoms with Crippen molar-refractivity contribution < 1.29 is 4.74 Å². The predicted octanol–water partition coefficient (Wildman–Crippen LogP) is 1.87. The van der Waals surface area contributed by atoms with Crippen molar-refractivity contribution in [3.8, 4) is 0 Å². The minimum Gasteiger partial charge on any atom is -0.381 e. The molecule has 23 heavy (non-hydrogen) atoms. The number of ether oxygens (including phenoxy) is 1. The Bertz CT molecular complexity index is 477. The third kappa shape index (κ3) is 4.93. The fourth-order valence-electron chi connectivity index (χ4n) is 3.22. The van der Waals surface area contributed by atoms with Gasteiger partial charge in [0.25, 0.3) is 0 Å². The fourth-order valence-corrected chi connectivity index (χ4v) is 3.84. The number of hydrogen-bond donors (Lipinski definition) is 1. The van der Waals surface area contributed by atoms with E-state index < -0.39 is 0 Å². The summed E-state index contributed by atoms with van der Waals surface area (Å²) in [6.45, 7) is 11.3. The summed E-state index contributed by atoms with van der Waals surface area (Å²) in [5.74, 6) is 1.80. The van der Waals surface area contributed by atoms with Gasteiger partial charge in [-0.1, -0.05) is 6.07 Å². The molecule has 1 aromatic rings. The van der Waals surface area contributed by atoms with Crippen LogP contribution in [-0.4, -0.2) is 68.2 Å². The van der Waals surface area contributed by atoms with E-state index in [1.165, 1.54) is 17.8 Å². The topological polar surface area (TPSA) is 40.1 Å². The maximum atomic E-state index is 5.49. The van der Waals surface area contributed by atoms with Gasteiger partial charge in [-0.15, -0.1) is 11.3 Å². The molecular weight excluding hydrogens is 308 g/mol. The number of rotatable bonds is 5. The molecule has 1 aromatic heterocycles. The number of nitrogens with one attached hydrogen (secondary N) is 1. The van der Waals surface area contributed by atoms with E-state index in [4.69, 9.17) is 9.73 Å². The van der Waals surface area contributed by atoms with Crippen LogP contribution in [0.15, 0.2) is 22.5 Å². The van der Waals surface area contributed by atoms with Crippen LogP contribution in [0.2, 0.25) is 0 Å². The molecule has 2 fully saturated rings. The predicted molar refractivity (Wildman–Crippen MR) is 96.1 cm³/mol.